The van der Waals surface area contributed by atoms with Crippen molar-refractivity contribution >= 4 is 5.69 Å². The third kappa shape index (κ3) is 3.10. The van der Waals surface area contributed by atoms with Crippen molar-refractivity contribution in [2.24, 2.45) is 0 Å². The maximum Gasteiger partial charge on any atom is 0.0688 e. The zero-order valence-corrected chi connectivity index (χ0v) is 13.0. The molecule has 1 heterocycles. The molecule has 0 saturated heterocycles. The van der Waals surface area contributed by atoms with Gasteiger partial charge >= 0.3 is 0 Å². The Hall–Kier alpha value is -1.83. The van der Waals surface area contributed by atoms with Crippen molar-refractivity contribution in [3.8, 4) is 0 Å². The molecule has 1 aromatic heterocycles. The summed E-state index contributed by atoms with van der Waals surface area (Å²) in [6.45, 7) is 4.52. The molecule has 0 spiro atoms. The first-order chi connectivity index (χ1) is 10.3. The van der Waals surface area contributed by atoms with Gasteiger partial charge in [-0.3, -0.25) is 4.98 Å². The molecule has 2 atom stereocenters. The van der Waals surface area contributed by atoms with Crippen LogP contribution < -0.4 is 5.32 Å². The van der Waals surface area contributed by atoms with Crippen molar-refractivity contribution in [3.63, 3.8) is 0 Å². The third-order valence-corrected chi connectivity index (χ3v) is 4.63. The van der Waals surface area contributed by atoms with Gasteiger partial charge in [-0.1, -0.05) is 32.0 Å². The molecule has 1 aliphatic rings. The molecule has 1 N–H and O–H groups in total. The Morgan fingerprint density at radius 2 is 2.05 bits per heavy atom. The van der Waals surface area contributed by atoms with Gasteiger partial charge in [0.25, 0.3) is 0 Å². The van der Waals surface area contributed by atoms with Gasteiger partial charge in [-0.25, -0.2) is 0 Å². The largest absolute Gasteiger partial charge is 0.377 e. The molecule has 1 aliphatic carbocycles. The minimum atomic E-state index is 0.351. The van der Waals surface area contributed by atoms with Gasteiger partial charge in [-0.15, -0.1) is 0 Å². The van der Waals surface area contributed by atoms with Crippen LogP contribution in [-0.2, 0) is 6.42 Å². The second kappa shape index (κ2) is 6.30. The monoisotopic (exact) mass is 280 g/mol. The highest BCUT2D eigenvalue weighted by atomic mass is 14.9. The van der Waals surface area contributed by atoms with Gasteiger partial charge in [0.1, 0.15) is 0 Å². The fourth-order valence-corrected chi connectivity index (χ4v) is 3.09. The van der Waals surface area contributed by atoms with E-state index < -0.39 is 0 Å². The summed E-state index contributed by atoms with van der Waals surface area (Å²) in [4.78, 5) is 4.59. The van der Waals surface area contributed by atoms with E-state index in [9.17, 15) is 0 Å². The standard InChI is InChI=1S/C19H24N2/c1-3-14(2)15-9-11-17(12-10-15)21-18-8-4-6-16-7-5-13-20-19(16)18/h5,7,9-14,18,21H,3-4,6,8H2,1-2H3. The van der Waals surface area contributed by atoms with Crippen LogP contribution in [0.2, 0.25) is 0 Å². The van der Waals surface area contributed by atoms with Gasteiger partial charge < -0.3 is 5.32 Å². The molecule has 3 rings (SSSR count). The van der Waals surface area contributed by atoms with Crippen LogP contribution in [0, 0.1) is 0 Å². The maximum absolute atomic E-state index is 4.59. The highest BCUT2D eigenvalue weighted by Gasteiger charge is 2.20. The molecule has 2 nitrogen and oxygen atoms in total. The predicted octanol–water partition coefficient (Wildman–Crippen LogP) is 5.08. The summed E-state index contributed by atoms with van der Waals surface area (Å²) < 4.78 is 0. The number of pyridine rings is 1. The molecule has 2 aromatic rings. The van der Waals surface area contributed by atoms with E-state index in [1.54, 1.807) is 0 Å². The van der Waals surface area contributed by atoms with Crippen molar-refractivity contribution in [2.75, 3.05) is 5.32 Å². The zero-order valence-electron chi connectivity index (χ0n) is 13.0. The number of hydrogen-bond acceptors (Lipinski definition) is 2. The van der Waals surface area contributed by atoms with Crippen molar-refractivity contribution in [1.29, 1.82) is 0 Å². The van der Waals surface area contributed by atoms with E-state index in [-0.39, 0.29) is 0 Å². The van der Waals surface area contributed by atoms with E-state index in [0.717, 1.165) is 12.8 Å². The van der Waals surface area contributed by atoms with Crippen molar-refractivity contribution in [3.05, 3.63) is 59.4 Å². The molecule has 0 saturated carbocycles. The molecule has 0 bridgehead atoms. The molecule has 0 aliphatic heterocycles. The predicted molar refractivity (Wildman–Crippen MR) is 88.7 cm³/mol. The molecule has 110 valence electrons. The number of nitrogens with one attached hydrogen (secondary N) is 1. The highest BCUT2D eigenvalue weighted by molar-refractivity contribution is 5.47. The number of anilines is 1. The topological polar surface area (TPSA) is 24.9 Å². The number of benzene rings is 1. The Morgan fingerprint density at radius 1 is 1.24 bits per heavy atom. The molecule has 2 heteroatoms. The maximum atomic E-state index is 4.59. The molecule has 1 aromatic carbocycles. The van der Waals surface area contributed by atoms with Crippen molar-refractivity contribution in [2.45, 2.75) is 51.5 Å². The summed E-state index contributed by atoms with van der Waals surface area (Å²) in [5.41, 5.74) is 5.25. The molecular weight excluding hydrogens is 256 g/mol. The lowest BCUT2D eigenvalue weighted by atomic mass is 9.91. The van der Waals surface area contributed by atoms with Crippen LogP contribution in [0.1, 0.15) is 61.9 Å². The smallest absolute Gasteiger partial charge is 0.0688 e. The second-order valence-corrected chi connectivity index (χ2v) is 6.07. The summed E-state index contributed by atoms with van der Waals surface area (Å²) >= 11 is 0. The van der Waals surface area contributed by atoms with E-state index in [1.165, 1.54) is 35.3 Å². The molecule has 0 amide bonds. The van der Waals surface area contributed by atoms with Crippen LogP contribution >= 0.6 is 0 Å². The quantitative estimate of drug-likeness (QED) is 0.844. The van der Waals surface area contributed by atoms with Crippen LogP contribution in [0.15, 0.2) is 42.6 Å². The average molecular weight is 280 g/mol. The summed E-state index contributed by atoms with van der Waals surface area (Å²) in [6, 6.07) is 13.5. The van der Waals surface area contributed by atoms with Crippen LogP contribution in [0.25, 0.3) is 0 Å². The summed E-state index contributed by atoms with van der Waals surface area (Å²) in [7, 11) is 0. The van der Waals surface area contributed by atoms with Crippen molar-refractivity contribution in [1.82, 2.24) is 4.98 Å². The van der Waals surface area contributed by atoms with Gasteiger partial charge in [-0.2, -0.15) is 0 Å². The lowest BCUT2D eigenvalue weighted by Gasteiger charge is -2.26. The first-order valence-corrected chi connectivity index (χ1v) is 8.08. The van der Waals surface area contributed by atoms with E-state index in [2.05, 4.69) is 54.5 Å². The Labute approximate surface area is 127 Å². The highest BCUT2D eigenvalue weighted by Crippen LogP contribution is 2.31. The molecule has 0 fully saturated rings. The fraction of sp³-hybridized carbons (Fsp3) is 0.421. The SMILES string of the molecule is CCC(C)c1ccc(NC2CCCc3cccnc32)cc1. The number of aryl methyl sites for hydroxylation is 1. The first kappa shape index (κ1) is 14.1. The van der Waals surface area contributed by atoms with Crippen LogP contribution in [0.5, 0.6) is 0 Å². The van der Waals surface area contributed by atoms with E-state index >= 15 is 0 Å². The first-order valence-electron chi connectivity index (χ1n) is 8.08. The van der Waals surface area contributed by atoms with Crippen molar-refractivity contribution < 1.29 is 0 Å². The molecular formula is C19H24N2. The zero-order chi connectivity index (χ0) is 14.7. The van der Waals surface area contributed by atoms with Gasteiger partial charge in [0.2, 0.25) is 0 Å². The third-order valence-electron chi connectivity index (χ3n) is 4.63. The molecule has 0 radical (unpaired) electrons. The average Bonchev–Trinajstić information content (AvgIpc) is 2.55. The number of rotatable bonds is 4. The normalized spacial score (nSPS) is 18.9. The Balaban J connectivity index is 1.76. The Morgan fingerprint density at radius 3 is 2.81 bits per heavy atom. The molecule has 2 unspecified atom stereocenters. The Bertz CT molecular complexity index is 589. The number of aromatic nitrogens is 1. The summed E-state index contributed by atoms with van der Waals surface area (Å²) in [5.74, 6) is 0.635. The fourth-order valence-electron chi connectivity index (χ4n) is 3.09. The lowest BCUT2D eigenvalue weighted by molar-refractivity contribution is 0.583. The minimum absolute atomic E-state index is 0.351. The molecule has 21 heavy (non-hydrogen) atoms. The van der Waals surface area contributed by atoms with Gasteiger partial charge in [0, 0.05) is 11.9 Å². The number of nitrogens with zero attached hydrogens (tertiary/aromatic N) is 1. The number of fused-ring (bicyclic) bond motifs is 1. The van der Waals surface area contributed by atoms with E-state index in [4.69, 9.17) is 0 Å². The van der Waals surface area contributed by atoms with Gasteiger partial charge in [0.15, 0.2) is 0 Å². The van der Waals surface area contributed by atoms with Gasteiger partial charge in [-0.05, 0) is 60.9 Å². The van der Waals surface area contributed by atoms with Crippen LogP contribution in [0.4, 0.5) is 5.69 Å². The number of hydrogen-bond donors (Lipinski definition) is 1. The summed E-state index contributed by atoms with van der Waals surface area (Å²) in [5, 5.41) is 3.66. The van der Waals surface area contributed by atoms with E-state index in [0.29, 0.717) is 12.0 Å². The lowest BCUT2D eigenvalue weighted by Crippen LogP contribution is -2.18. The minimum Gasteiger partial charge on any atom is -0.377 e. The van der Waals surface area contributed by atoms with Gasteiger partial charge in [0.05, 0.1) is 11.7 Å². The second-order valence-electron chi connectivity index (χ2n) is 6.07. The van der Waals surface area contributed by atoms with Crippen LogP contribution in [-0.4, -0.2) is 4.98 Å². The Kier molecular flexibility index (Phi) is 4.23. The van der Waals surface area contributed by atoms with E-state index in [1.807, 2.05) is 12.3 Å². The van der Waals surface area contributed by atoms with Crippen LogP contribution in [0.3, 0.4) is 0 Å². The summed E-state index contributed by atoms with van der Waals surface area (Å²) in [6.07, 6.45) is 6.66.